The Morgan fingerprint density at radius 2 is 2.04 bits per heavy atom. The van der Waals surface area contributed by atoms with E-state index in [0.29, 0.717) is 26.1 Å². The van der Waals surface area contributed by atoms with Gasteiger partial charge in [-0.25, -0.2) is 0 Å². The molecule has 0 aromatic heterocycles. The van der Waals surface area contributed by atoms with E-state index in [-0.39, 0.29) is 24.3 Å². The first-order valence-corrected chi connectivity index (χ1v) is 8.12. The molecule has 1 aromatic rings. The van der Waals surface area contributed by atoms with Gasteiger partial charge in [0.15, 0.2) is 0 Å². The highest BCUT2D eigenvalue weighted by Crippen LogP contribution is 2.34. The molecule has 0 spiro atoms. The van der Waals surface area contributed by atoms with Crippen molar-refractivity contribution in [3.05, 3.63) is 29.8 Å². The molecule has 2 aliphatic heterocycles. The summed E-state index contributed by atoms with van der Waals surface area (Å²) in [4.78, 5) is 28.5. The number of hydrogen-bond donors (Lipinski definition) is 1. The number of nitrogens with zero attached hydrogens (tertiary/aromatic N) is 2. The molecule has 2 amide bonds. The molecule has 1 aromatic carbocycles. The number of fused-ring (bicyclic) bond motifs is 1. The van der Waals surface area contributed by atoms with Gasteiger partial charge in [-0.15, -0.1) is 0 Å². The zero-order valence-electron chi connectivity index (χ0n) is 13.5. The number of amides is 2. The second-order valence-electron chi connectivity index (χ2n) is 6.05. The zero-order chi connectivity index (χ0) is 16.2. The lowest BCUT2D eigenvalue weighted by Gasteiger charge is -2.31. The molecule has 2 aliphatic rings. The number of carbonyl (C=O) groups is 2. The summed E-state index contributed by atoms with van der Waals surface area (Å²) in [6.07, 6.45) is 0.655. The fourth-order valence-corrected chi connectivity index (χ4v) is 3.16. The molecule has 23 heavy (non-hydrogen) atoms. The van der Waals surface area contributed by atoms with Gasteiger partial charge in [0.25, 0.3) is 0 Å². The molecule has 0 aliphatic carbocycles. The second-order valence-corrected chi connectivity index (χ2v) is 6.05. The molecule has 6 nitrogen and oxygen atoms in total. The molecule has 0 saturated carbocycles. The summed E-state index contributed by atoms with van der Waals surface area (Å²) < 4.78 is 5.61. The van der Waals surface area contributed by atoms with Crippen LogP contribution in [0.1, 0.15) is 17.9 Å². The third kappa shape index (κ3) is 3.47. The van der Waals surface area contributed by atoms with Crippen LogP contribution in [0.5, 0.6) is 5.75 Å². The maximum atomic E-state index is 12.8. The molecular formula is C17H23N3O3. The monoisotopic (exact) mass is 317 g/mol. The van der Waals surface area contributed by atoms with E-state index in [4.69, 9.17) is 4.74 Å². The smallest absolute Gasteiger partial charge is 0.242 e. The number of likely N-dealkylation sites (N-methyl/N-ethyl adjacent to an activating group) is 1. The van der Waals surface area contributed by atoms with E-state index in [0.717, 1.165) is 24.4 Å². The predicted octanol–water partition coefficient (Wildman–Crippen LogP) is 0.443. The Labute approximate surface area is 136 Å². The van der Waals surface area contributed by atoms with Crippen molar-refractivity contribution < 1.29 is 14.3 Å². The van der Waals surface area contributed by atoms with E-state index in [1.54, 1.807) is 11.9 Å². The highest BCUT2D eigenvalue weighted by Gasteiger charge is 2.30. The van der Waals surface area contributed by atoms with Crippen molar-refractivity contribution in [1.82, 2.24) is 15.1 Å². The summed E-state index contributed by atoms with van der Waals surface area (Å²) >= 11 is 0. The van der Waals surface area contributed by atoms with Crippen LogP contribution < -0.4 is 10.1 Å². The summed E-state index contributed by atoms with van der Waals surface area (Å²) in [6.45, 7) is 3.72. The largest absolute Gasteiger partial charge is 0.493 e. The minimum absolute atomic E-state index is 0.00997. The van der Waals surface area contributed by atoms with E-state index in [1.165, 1.54) is 0 Å². The van der Waals surface area contributed by atoms with Crippen molar-refractivity contribution in [2.45, 2.75) is 12.3 Å². The first-order chi connectivity index (χ1) is 11.2. The first kappa shape index (κ1) is 15.8. The molecule has 6 heteroatoms. The molecule has 124 valence electrons. The number of hydrogen-bond acceptors (Lipinski definition) is 4. The molecular weight excluding hydrogens is 294 g/mol. The highest BCUT2D eigenvalue weighted by molar-refractivity contribution is 5.89. The molecule has 1 N–H and O–H groups in total. The second kappa shape index (κ2) is 7.00. The molecule has 0 radical (unpaired) electrons. The molecule has 1 atom stereocenters. The van der Waals surface area contributed by atoms with Gasteiger partial charge in [-0.3, -0.25) is 9.59 Å². The topological polar surface area (TPSA) is 61.9 Å². The highest BCUT2D eigenvalue weighted by atomic mass is 16.5. The average molecular weight is 317 g/mol. The fourth-order valence-electron chi connectivity index (χ4n) is 3.16. The van der Waals surface area contributed by atoms with Crippen LogP contribution in [-0.4, -0.2) is 68.0 Å². The zero-order valence-corrected chi connectivity index (χ0v) is 13.5. The lowest BCUT2D eigenvalue weighted by atomic mass is 9.92. The number of benzene rings is 1. The van der Waals surface area contributed by atoms with Crippen molar-refractivity contribution in [1.29, 1.82) is 0 Å². The summed E-state index contributed by atoms with van der Waals surface area (Å²) in [7, 11) is 1.71. The van der Waals surface area contributed by atoms with Gasteiger partial charge in [0.2, 0.25) is 11.8 Å². The Balaban J connectivity index is 1.65. The minimum Gasteiger partial charge on any atom is -0.493 e. The molecule has 2 heterocycles. The van der Waals surface area contributed by atoms with Crippen molar-refractivity contribution in [2.75, 3.05) is 46.4 Å². The molecule has 3 rings (SSSR count). The molecule has 1 unspecified atom stereocenters. The average Bonchev–Trinajstić information content (AvgIpc) is 2.61. The Morgan fingerprint density at radius 1 is 1.30 bits per heavy atom. The minimum atomic E-state index is -0.222. The van der Waals surface area contributed by atoms with E-state index in [2.05, 4.69) is 5.32 Å². The Kier molecular flexibility index (Phi) is 4.81. The van der Waals surface area contributed by atoms with Crippen molar-refractivity contribution >= 4 is 11.8 Å². The van der Waals surface area contributed by atoms with Crippen LogP contribution in [0.25, 0.3) is 0 Å². The maximum Gasteiger partial charge on any atom is 0.242 e. The Bertz CT molecular complexity index is 584. The SMILES string of the molecule is CN(CC(=O)N1CCNCC1)C(=O)C1CCOc2ccccc21. The lowest BCUT2D eigenvalue weighted by molar-refractivity contribution is -0.140. The summed E-state index contributed by atoms with van der Waals surface area (Å²) in [5.74, 6) is 0.562. The van der Waals surface area contributed by atoms with Gasteiger partial charge in [-0.2, -0.15) is 0 Å². The predicted molar refractivity (Wildman–Crippen MR) is 86.4 cm³/mol. The van der Waals surface area contributed by atoms with Crippen LogP contribution >= 0.6 is 0 Å². The number of nitrogens with one attached hydrogen (secondary N) is 1. The normalized spacial score (nSPS) is 20.4. The van der Waals surface area contributed by atoms with E-state index >= 15 is 0 Å². The van der Waals surface area contributed by atoms with Gasteiger partial charge in [0.1, 0.15) is 5.75 Å². The Hall–Kier alpha value is -2.08. The number of carbonyl (C=O) groups excluding carboxylic acids is 2. The molecule has 0 bridgehead atoms. The van der Waals surface area contributed by atoms with Crippen molar-refractivity contribution in [3.63, 3.8) is 0 Å². The summed E-state index contributed by atoms with van der Waals surface area (Å²) in [6, 6.07) is 7.65. The quantitative estimate of drug-likeness (QED) is 0.879. The maximum absolute atomic E-state index is 12.8. The van der Waals surface area contributed by atoms with Crippen LogP contribution in [0.15, 0.2) is 24.3 Å². The van der Waals surface area contributed by atoms with E-state index in [1.807, 2.05) is 29.2 Å². The Morgan fingerprint density at radius 3 is 2.83 bits per heavy atom. The number of rotatable bonds is 3. The lowest BCUT2D eigenvalue weighted by Crippen LogP contribution is -2.50. The van der Waals surface area contributed by atoms with Crippen LogP contribution in [0.3, 0.4) is 0 Å². The molecule has 1 fully saturated rings. The van der Waals surface area contributed by atoms with Crippen LogP contribution in [0.2, 0.25) is 0 Å². The van der Waals surface area contributed by atoms with Gasteiger partial charge in [0.05, 0.1) is 19.1 Å². The van der Waals surface area contributed by atoms with Crippen molar-refractivity contribution in [2.24, 2.45) is 0 Å². The van der Waals surface area contributed by atoms with Gasteiger partial charge in [-0.1, -0.05) is 18.2 Å². The third-order valence-corrected chi connectivity index (χ3v) is 4.47. The van der Waals surface area contributed by atoms with Gasteiger partial charge in [0, 0.05) is 38.8 Å². The summed E-state index contributed by atoms with van der Waals surface area (Å²) in [5, 5.41) is 3.22. The summed E-state index contributed by atoms with van der Waals surface area (Å²) in [5.41, 5.74) is 0.922. The fraction of sp³-hybridized carbons (Fsp3) is 0.529. The number of piperazine rings is 1. The van der Waals surface area contributed by atoms with Gasteiger partial charge < -0.3 is 19.9 Å². The van der Waals surface area contributed by atoms with Crippen molar-refractivity contribution in [3.8, 4) is 5.75 Å². The number of para-hydroxylation sites is 1. The third-order valence-electron chi connectivity index (χ3n) is 4.47. The van der Waals surface area contributed by atoms with Gasteiger partial charge >= 0.3 is 0 Å². The van der Waals surface area contributed by atoms with Crippen LogP contribution in [0.4, 0.5) is 0 Å². The van der Waals surface area contributed by atoms with E-state index in [9.17, 15) is 9.59 Å². The van der Waals surface area contributed by atoms with Crippen LogP contribution in [-0.2, 0) is 9.59 Å². The first-order valence-electron chi connectivity index (χ1n) is 8.12. The number of ether oxygens (including phenoxy) is 1. The van der Waals surface area contributed by atoms with Crippen LogP contribution in [0, 0.1) is 0 Å². The van der Waals surface area contributed by atoms with Gasteiger partial charge in [-0.05, 0) is 12.5 Å². The standard InChI is InChI=1S/C17H23N3O3/c1-19(12-16(21)20-9-7-18-8-10-20)17(22)14-6-11-23-15-5-3-2-4-13(14)15/h2-5,14,18H,6-12H2,1H3. The molecule has 1 saturated heterocycles. The van der Waals surface area contributed by atoms with E-state index < -0.39 is 0 Å².